The van der Waals surface area contributed by atoms with E-state index in [2.05, 4.69) is 70.5 Å². The van der Waals surface area contributed by atoms with Gasteiger partial charge in [0.25, 0.3) is 0 Å². The van der Waals surface area contributed by atoms with Gasteiger partial charge in [-0.1, -0.05) is 66.7 Å². The van der Waals surface area contributed by atoms with Crippen LogP contribution in [0, 0.1) is 0 Å². The third-order valence-corrected chi connectivity index (χ3v) is 5.75. The van der Waals surface area contributed by atoms with Gasteiger partial charge in [-0.2, -0.15) is 5.10 Å². The molecule has 0 bridgehead atoms. The smallest absolute Gasteiger partial charge is 0.244 e. The van der Waals surface area contributed by atoms with E-state index in [0.717, 1.165) is 28.4 Å². The van der Waals surface area contributed by atoms with Crippen molar-refractivity contribution in [2.75, 3.05) is 0 Å². The maximum Gasteiger partial charge on any atom is 0.244 e. The summed E-state index contributed by atoms with van der Waals surface area (Å²) in [6.07, 6.45) is 2.00. The molecule has 1 heterocycles. The number of benzene rings is 4. The predicted molar refractivity (Wildman–Crippen MR) is 129 cm³/mol. The minimum absolute atomic E-state index is 0.128. The van der Waals surface area contributed by atoms with Gasteiger partial charge in [0.2, 0.25) is 5.91 Å². The maximum absolute atomic E-state index is 12.4. The first-order chi connectivity index (χ1) is 15.2. The molecule has 1 N–H and O–H groups in total. The lowest BCUT2D eigenvalue weighted by Gasteiger charge is -2.05. The van der Waals surface area contributed by atoms with Crippen molar-refractivity contribution in [1.29, 1.82) is 0 Å². The summed E-state index contributed by atoms with van der Waals surface area (Å²) < 4.78 is 2.32. The van der Waals surface area contributed by atoms with Gasteiger partial charge in [-0.3, -0.25) is 4.79 Å². The Morgan fingerprint density at radius 1 is 0.871 bits per heavy atom. The van der Waals surface area contributed by atoms with Crippen LogP contribution in [-0.2, 0) is 17.8 Å². The van der Waals surface area contributed by atoms with E-state index in [1.165, 1.54) is 21.8 Å². The van der Waals surface area contributed by atoms with E-state index in [9.17, 15) is 4.79 Å². The van der Waals surface area contributed by atoms with E-state index in [1.54, 1.807) is 6.21 Å². The molecule has 0 saturated carbocycles. The van der Waals surface area contributed by atoms with Crippen molar-refractivity contribution in [3.8, 4) is 0 Å². The molecule has 0 atom stereocenters. The molecule has 4 nitrogen and oxygen atoms in total. The fourth-order valence-corrected chi connectivity index (χ4v) is 4.33. The Balaban J connectivity index is 1.35. The highest BCUT2D eigenvalue weighted by Gasteiger charge is 2.09. The molecule has 0 aliphatic carbocycles. The molecule has 31 heavy (non-hydrogen) atoms. The average molecular weight is 406 g/mol. The van der Waals surface area contributed by atoms with Crippen LogP contribution in [0.3, 0.4) is 0 Å². The van der Waals surface area contributed by atoms with Crippen LogP contribution in [0.1, 0.15) is 18.1 Å². The Kier molecular flexibility index (Phi) is 4.97. The molecule has 0 aliphatic heterocycles. The zero-order valence-electron chi connectivity index (χ0n) is 17.4. The van der Waals surface area contributed by atoms with Crippen molar-refractivity contribution in [3.05, 3.63) is 96.1 Å². The quantitative estimate of drug-likeness (QED) is 0.298. The van der Waals surface area contributed by atoms with Crippen molar-refractivity contribution in [2.24, 2.45) is 5.10 Å². The van der Waals surface area contributed by atoms with E-state index in [0.29, 0.717) is 6.42 Å². The maximum atomic E-state index is 12.4. The molecular weight excluding hydrogens is 382 g/mol. The number of carbonyl (C=O) groups excluding carboxylic acids is 1. The zero-order valence-corrected chi connectivity index (χ0v) is 17.4. The first-order valence-electron chi connectivity index (χ1n) is 10.5. The van der Waals surface area contributed by atoms with Crippen LogP contribution in [0.25, 0.3) is 32.6 Å². The van der Waals surface area contributed by atoms with Crippen molar-refractivity contribution >= 4 is 44.7 Å². The van der Waals surface area contributed by atoms with Crippen molar-refractivity contribution in [1.82, 2.24) is 9.99 Å². The highest BCUT2D eigenvalue weighted by atomic mass is 16.2. The Labute approximate surface area is 180 Å². The summed E-state index contributed by atoms with van der Waals surface area (Å²) in [5.74, 6) is -0.128. The molecule has 5 aromatic rings. The van der Waals surface area contributed by atoms with Crippen LogP contribution in [0.4, 0.5) is 0 Å². The standard InChI is InChI=1S/C27H23N3O/c1-2-30-25-13-6-5-12-23(25)24-16-19(14-15-26(24)30)18-28-29-27(31)17-21-10-7-9-20-8-3-4-11-22(20)21/h3-16,18H,2,17H2,1H3,(H,29,31)/b28-18+. The first-order valence-corrected chi connectivity index (χ1v) is 10.5. The fourth-order valence-electron chi connectivity index (χ4n) is 4.33. The predicted octanol–water partition coefficient (Wildman–Crippen LogP) is 5.66. The van der Waals surface area contributed by atoms with Gasteiger partial charge in [0.15, 0.2) is 0 Å². The molecule has 152 valence electrons. The van der Waals surface area contributed by atoms with Crippen LogP contribution < -0.4 is 5.43 Å². The lowest BCUT2D eigenvalue weighted by molar-refractivity contribution is -0.120. The number of nitrogens with zero attached hydrogens (tertiary/aromatic N) is 2. The number of aryl methyl sites for hydroxylation is 1. The normalized spacial score (nSPS) is 11.6. The van der Waals surface area contributed by atoms with E-state index in [1.807, 2.05) is 36.4 Å². The van der Waals surface area contributed by atoms with Gasteiger partial charge in [0.1, 0.15) is 0 Å². The number of hydrogen-bond donors (Lipinski definition) is 1. The second kappa shape index (κ2) is 8.07. The molecule has 4 aromatic carbocycles. The van der Waals surface area contributed by atoms with E-state index in [-0.39, 0.29) is 5.91 Å². The molecule has 0 saturated heterocycles. The van der Waals surface area contributed by atoms with Gasteiger partial charge in [0, 0.05) is 28.4 Å². The molecule has 0 radical (unpaired) electrons. The summed E-state index contributed by atoms with van der Waals surface area (Å²) in [6, 6.07) is 28.9. The minimum Gasteiger partial charge on any atom is -0.341 e. The van der Waals surface area contributed by atoms with E-state index in [4.69, 9.17) is 0 Å². The molecule has 1 amide bonds. The van der Waals surface area contributed by atoms with Crippen LogP contribution in [-0.4, -0.2) is 16.7 Å². The highest BCUT2D eigenvalue weighted by molar-refractivity contribution is 6.09. The van der Waals surface area contributed by atoms with Crippen molar-refractivity contribution < 1.29 is 4.79 Å². The molecule has 5 rings (SSSR count). The third-order valence-electron chi connectivity index (χ3n) is 5.75. The van der Waals surface area contributed by atoms with Crippen LogP contribution >= 0.6 is 0 Å². The largest absolute Gasteiger partial charge is 0.341 e. The lowest BCUT2D eigenvalue weighted by Crippen LogP contribution is -2.19. The van der Waals surface area contributed by atoms with Crippen molar-refractivity contribution in [3.63, 3.8) is 0 Å². The van der Waals surface area contributed by atoms with Gasteiger partial charge in [-0.15, -0.1) is 0 Å². The summed E-state index contributed by atoms with van der Waals surface area (Å²) in [5.41, 5.74) is 7.07. The number of carbonyl (C=O) groups is 1. The zero-order chi connectivity index (χ0) is 21.2. The van der Waals surface area contributed by atoms with Crippen molar-refractivity contribution in [2.45, 2.75) is 19.9 Å². The Hall–Kier alpha value is -3.92. The second-order valence-corrected chi connectivity index (χ2v) is 7.65. The Bertz CT molecular complexity index is 1440. The van der Waals surface area contributed by atoms with Gasteiger partial charge < -0.3 is 4.57 Å². The van der Waals surface area contributed by atoms with Crippen LogP contribution in [0.15, 0.2) is 90.0 Å². The Morgan fingerprint density at radius 3 is 2.48 bits per heavy atom. The summed E-state index contributed by atoms with van der Waals surface area (Å²) >= 11 is 0. The first kappa shape index (κ1) is 19.1. The van der Waals surface area contributed by atoms with Crippen LogP contribution in [0.5, 0.6) is 0 Å². The van der Waals surface area contributed by atoms with E-state index >= 15 is 0 Å². The van der Waals surface area contributed by atoms with Crippen LogP contribution in [0.2, 0.25) is 0 Å². The molecule has 4 heteroatoms. The molecule has 0 spiro atoms. The number of amides is 1. The highest BCUT2D eigenvalue weighted by Crippen LogP contribution is 2.29. The number of para-hydroxylation sites is 1. The molecule has 1 aromatic heterocycles. The number of nitrogens with one attached hydrogen (secondary N) is 1. The topological polar surface area (TPSA) is 46.4 Å². The summed E-state index contributed by atoms with van der Waals surface area (Å²) in [7, 11) is 0. The number of aromatic nitrogens is 1. The monoisotopic (exact) mass is 405 g/mol. The minimum atomic E-state index is -0.128. The number of hydrazone groups is 1. The third kappa shape index (κ3) is 3.57. The molecule has 0 aliphatic rings. The number of fused-ring (bicyclic) bond motifs is 4. The van der Waals surface area contributed by atoms with Gasteiger partial charge in [-0.25, -0.2) is 5.43 Å². The molecule has 0 fully saturated rings. The number of hydrogen-bond acceptors (Lipinski definition) is 2. The SMILES string of the molecule is CCn1c2ccccc2c2cc(/C=N/NC(=O)Cc3cccc4ccccc34)ccc21. The molecule has 0 unspecified atom stereocenters. The summed E-state index contributed by atoms with van der Waals surface area (Å²) in [6.45, 7) is 3.08. The Morgan fingerprint density at radius 2 is 1.61 bits per heavy atom. The number of rotatable bonds is 5. The fraction of sp³-hybridized carbons (Fsp3) is 0.111. The lowest BCUT2D eigenvalue weighted by atomic mass is 10.0. The van der Waals surface area contributed by atoms with Gasteiger partial charge >= 0.3 is 0 Å². The van der Waals surface area contributed by atoms with Gasteiger partial charge in [-0.05, 0) is 47.0 Å². The second-order valence-electron chi connectivity index (χ2n) is 7.65. The average Bonchev–Trinajstić information content (AvgIpc) is 3.12. The van der Waals surface area contributed by atoms with Gasteiger partial charge in [0.05, 0.1) is 12.6 Å². The summed E-state index contributed by atoms with van der Waals surface area (Å²) in [4.78, 5) is 12.4. The molecular formula is C27H23N3O. The van der Waals surface area contributed by atoms with E-state index < -0.39 is 0 Å². The summed E-state index contributed by atoms with van der Waals surface area (Å²) in [5, 5.41) is 8.86.